The molecule has 0 fully saturated rings. The zero-order chi connectivity index (χ0) is 10.6. The van der Waals surface area contributed by atoms with E-state index in [1.807, 2.05) is 27.1 Å². The summed E-state index contributed by atoms with van der Waals surface area (Å²) in [5, 5.41) is 0. The summed E-state index contributed by atoms with van der Waals surface area (Å²) in [4.78, 5) is 10.9. The van der Waals surface area contributed by atoms with Gasteiger partial charge in [0.05, 0.1) is 0 Å². The van der Waals surface area contributed by atoms with Crippen molar-refractivity contribution in [1.82, 2.24) is 4.73 Å². The summed E-state index contributed by atoms with van der Waals surface area (Å²) in [6.45, 7) is 9.39. The van der Waals surface area contributed by atoms with Gasteiger partial charge in [0, 0.05) is 13.3 Å². The summed E-state index contributed by atoms with van der Waals surface area (Å²) >= 11 is 0. The summed E-state index contributed by atoms with van der Waals surface area (Å²) in [7, 11) is 0. The summed E-state index contributed by atoms with van der Waals surface area (Å²) in [5.41, 5.74) is 2.25. The van der Waals surface area contributed by atoms with Crippen LogP contribution in [-0.2, 0) is 6.42 Å². The van der Waals surface area contributed by atoms with E-state index in [1.165, 1.54) is 0 Å². The smallest absolute Gasteiger partial charge is 0.323 e. The van der Waals surface area contributed by atoms with Crippen LogP contribution in [0.3, 0.4) is 0 Å². The standard InChI is InChI=1S/C10H19N2O2/c1-5-10-9(4)11(13-6-2)8-12(10)14-7-3/h8H,5-7H2,1-4H3/q+1. The van der Waals surface area contributed by atoms with Gasteiger partial charge < -0.3 is 9.68 Å². The maximum atomic E-state index is 5.45. The molecule has 0 spiro atoms. The fourth-order valence-corrected chi connectivity index (χ4v) is 1.47. The van der Waals surface area contributed by atoms with Gasteiger partial charge in [0.1, 0.15) is 13.2 Å². The van der Waals surface area contributed by atoms with Crippen molar-refractivity contribution in [1.29, 1.82) is 0 Å². The Kier molecular flexibility index (Phi) is 3.80. The van der Waals surface area contributed by atoms with Crippen molar-refractivity contribution in [2.45, 2.75) is 34.1 Å². The molecule has 4 heteroatoms. The maximum absolute atomic E-state index is 5.45. The first-order valence-electron chi connectivity index (χ1n) is 5.13. The van der Waals surface area contributed by atoms with Gasteiger partial charge >= 0.3 is 6.33 Å². The van der Waals surface area contributed by atoms with Crippen LogP contribution >= 0.6 is 0 Å². The highest BCUT2D eigenvalue weighted by Crippen LogP contribution is 2.02. The average molecular weight is 199 g/mol. The summed E-state index contributed by atoms with van der Waals surface area (Å²) < 4.78 is 3.54. The van der Waals surface area contributed by atoms with Crippen molar-refractivity contribution in [2.75, 3.05) is 13.2 Å². The van der Waals surface area contributed by atoms with Gasteiger partial charge in [-0.25, -0.2) is 0 Å². The molecule has 0 saturated carbocycles. The van der Waals surface area contributed by atoms with E-state index in [-0.39, 0.29) is 0 Å². The number of nitrogens with zero attached hydrogens (tertiary/aromatic N) is 2. The molecule has 0 aliphatic rings. The zero-order valence-electron chi connectivity index (χ0n) is 9.41. The lowest BCUT2D eigenvalue weighted by atomic mass is 10.3. The highest BCUT2D eigenvalue weighted by Gasteiger charge is 2.20. The Labute approximate surface area is 85.0 Å². The molecule has 1 aromatic heterocycles. The molecule has 0 radical (unpaired) electrons. The number of hydrogen-bond donors (Lipinski definition) is 0. The third-order valence-corrected chi connectivity index (χ3v) is 2.10. The van der Waals surface area contributed by atoms with Crippen LogP contribution in [0.25, 0.3) is 0 Å². The van der Waals surface area contributed by atoms with Gasteiger partial charge in [0.2, 0.25) is 0 Å². The molecule has 0 atom stereocenters. The quantitative estimate of drug-likeness (QED) is 0.647. The number of rotatable bonds is 5. The van der Waals surface area contributed by atoms with Crippen molar-refractivity contribution >= 4 is 0 Å². The molecule has 1 rings (SSSR count). The Morgan fingerprint density at radius 2 is 2.00 bits per heavy atom. The minimum atomic E-state index is 0.658. The Bertz CT molecular complexity index is 295. The molecule has 0 amide bonds. The van der Waals surface area contributed by atoms with Crippen molar-refractivity contribution < 1.29 is 14.4 Å². The lowest BCUT2D eigenvalue weighted by molar-refractivity contribution is -0.895. The highest BCUT2D eigenvalue weighted by atomic mass is 16.7. The number of hydrogen-bond acceptors (Lipinski definition) is 2. The second kappa shape index (κ2) is 4.88. The lowest BCUT2D eigenvalue weighted by Gasteiger charge is -1.96. The zero-order valence-corrected chi connectivity index (χ0v) is 9.41. The first-order valence-corrected chi connectivity index (χ1v) is 5.13. The third kappa shape index (κ3) is 2.00. The molecule has 0 N–H and O–H groups in total. The van der Waals surface area contributed by atoms with Gasteiger partial charge in [0.25, 0.3) is 0 Å². The van der Waals surface area contributed by atoms with E-state index in [0.717, 1.165) is 17.8 Å². The van der Waals surface area contributed by atoms with Crippen LogP contribution in [0, 0.1) is 6.92 Å². The minimum absolute atomic E-state index is 0.658. The Hall–Kier alpha value is -1.19. The molecule has 1 heterocycles. The molecule has 1 aromatic rings. The fraction of sp³-hybridized carbons (Fsp3) is 0.700. The van der Waals surface area contributed by atoms with Crippen LogP contribution in [0.2, 0.25) is 0 Å². The van der Waals surface area contributed by atoms with Crippen molar-refractivity contribution in [3.05, 3.63) is 17.7 Å². The molecule has 0 saturated heterocycles. The number of aromatic nitrogens is 2. The molecule has 0 aromatic carbocycles. The van der Waals surface area contributed by atoms with E-state index >= 15 is 0 Å². The predicted octanol–water partition coefficient (Wildman–Crippen LogP) is 0.543. The second-order valence-corrected chi connectivity index (χ2v) is 2.99. The minimum Gasteiger partial charge on any atom is -0.336 e. The van der Waals surface area contributed by atoms with Gasteiger partial charge in [0.15, 0.2) is 11.4 Å². The first-order chi connectivity index (χ1) is 6.74. The molecule has 0 aliphatic carbocycles. The fourth-order valence-electron chi connectivity index (χ4n) is 1.47. The van der Waals surface area contributed by atoms with E-state index in [2.05, 4.69) is 6.92 Å². The van der Waals surface area contributed by atoms with Crippen molar-refractivity contribution in [2.24, 2.45) is 0 Å². The normalized spacial score (nSPS) is 10.3. The Balaban J connectivity index is 2.97. The molecule has 14 heavy (non-hydrogen) atoms. The van der Waals surface area contributed by atoms with Gasteiger partial charge in [-0.2, -0.15) is 0 Å². The van der Waals surface area contributed by atoms with Gasteiger partial charge in [-0.3, -0.25) is 0 Å². The van der Waals surface area contributed by atoms with Crippen molar-refractivity contribution in [3.8, 4) is 0 Å². The van der Waals surface area contributed by atoms with E-state index in [0.29, 0.717) is 13.2 Å². The Morgan fingerprint density at radius 3 is 2.50 bits per heavy atom. The SMILES string of the molecule is CCOn1c[n+](OCC)c(CC)c1C. The molecule has 0 unspecified atom stereocenters. The van der Waals surface area contributed by atoms with Crippen LogP contribution in [0.1, 0.15) is 32.2 Å². The number of imidazole rings is 1. The highest BCUT2D eigenvalue weighted by molar-refractivity contribution is 5.03. The summed E-state index contributed by atoms with van der Waals surface area (Å²) in [6.07, 6.45) is 2.77. The average Bonchev–Trinajstić information content (AvgIpc) is 2.45. The molecule has 0 aliphatic heterocycles. The third-order valence-electron chi connectivity index (χ3n) is 2.10. The maximum Gasteiger partial charge on any atom is 0.323 e. The van der Waals surface area contributed by atoms with E-state index in [1.54, 1.807) is 9.46 Å². The summed E-state index contributed by atoms with van der Waals surface area (Å²) in [5.74, 6) is 0. The largest absolute Gasteiger partial charge is 0.336 e. The van der Waals surface area contributed by atoms with Crippen LogP contribution in [0.5, 0.6) is 0 Å². The van der Waals surface area contributed by atoms with Gasteiger partial charge in [-0.1, -0.05) is 6.92 Å². The first kappa shape index (κ1) is 10.9. The molecule has 4 nitrogen and oxygen atoms in total. The van der Waals surface area contributed by atoms with E-state index in [9.17, 15) is 0 Å². The summed E-state index contributed by atoms with van der Waals surface area (Å²) in [6, 6.07) is 0. The predicted molar refractivity (Wildman–Crippen MR) is 53.0 cm³/mol. The van der Waals surface area contributed by atoms with Crippen LogP contribution < -0.4 is 14.4 Å². The molecule has 0 bridgehead atoms. The Morgan fingerprint density at radius 1 is 1.29 bits per heavy atom. The van der Waals surface area contributed by atoms with Crippen LogP contribution in [-0.4, -0.2) is 17.9 Å². The van der Waals surface area contributed by atoms with Gasteiger partial charge in [-0.05, 0) is 23.3 Å². The monoisotopic (exact) mass is 199 g/mol. The lowest BCUT2D eigenvalue weighted by Crippen LogP contribution is -2.44. The van der Waals surface area contributed by atoms with Crippen molar-refractivity contribution in [3.63, 3.8) is 0 Å². The molecule has 80 valence electrons. The second-order valence-electron chi connectivity index (χ2n) is 2.99. The van der Waals surface area contributed by atoms with Crippen LogP contribution in [0.4, 0.5) is 0 Å². The topological polar surface area (TPSA) is 27.3 Å². The van der Waals surface area contributed by atoms with Gasteiger partial charge in [-0.15, -0.1) is 0 Å². The molecular formula is C10H19N2O2+. The molecular weight excluding hydrogens is 180 g/mol. The van der Waals surface area contributed by atoms with E-state index in [4.69, 9.17) is 9.68 Å². The van der Waals surface area contributed by atoms with Crippen LogP contribution in [0.15, 0.2) is 6.33 Å². The van der Waals surface area contributed by atoms with E-state index < -0.39 is 0 Å².